The average molecular weight is 334 g/mol. The first kappa shape index (κ1) is 15.1. The zero-order valence-corrected chi connectivity index (χ0v) is 12.8. The molecule has 0 saturated heterocycles. The molecule has 3 rings (SSSR count). The summed E-state index contributed by atoms with van der Waals surface area (Å²) in [5.74, 6) is -0.210. The van der Waals surface area contributed by atoms with Crippen molar-refractivity contribution in [2.45, 2.75) is 37.6 Å². The lowest BCUT2D eigenvalue weighted by Gasteiger charge is -2.40. The van der Waals surface area contributed by atoms with E-state index in [9.17, 15) is 8.42 Å². The lowest BCUT2D eigenvalue weighted by Crippen LogP contribution is -2.44. The van der Waals surface area contributed by atoms with E-state index in [1.54, 1.807) is 18.2 Å². The Morgan fingerprint density at radius 2 is 2.10 bits per heavy atom. The Hall–Kier alpha value is -0.860. The topological polar surface area (TPSA) is 84.9 Å². The minimum atomic E-state index is -4.28. The number of para-hydroxylation sites is 1. The smallest absolute Gasteiger partial charge is 0.333 e. The van der Waals surface area contributed by atoms with Crippen LogP contribution in [-0.4, -0.2) is 25.3 Å². The summed E-state index contributed by atoms with van der Waals surface area (Å²) in [5, 5.41) is 0.471. The van der Waals surface area contributed by atoms with E-state index in [0.29, 0.717) is 16.3 Å². The molecule has 0 aromatic heterocycles. The molecular formula is C13H16ClNO5S. The molecule has 1 heterocycles. The normalized spacial score (nSPS) is 23.8. The highest BCUT2D eigenvalue weighted by Gasteiger charge is 2.45. The van der Waals surface area contributed by atoms with Crippen LogP contribution in [0.4, 0.5) is 0 Å². The summed E-state index contributed by atoms with van der Waals surface area (Å²) in [7, 11) is -4.28. The van der Waals surface area contributed by atoms with Crippen molar-refractivity contribution in [3.63, 3.8) is 0 Å². The van der Waals surface area contributed by atoms with Gasteiger partial charge >= 0.3 is 10.3 Å². The van der Waals surface area contributed by atoms with Gasteiger partial charge in [-0.15, -0.1) is 0 Å². The molecule has 21 heavy (non-hydrogen) atoms. The molecule has 1 aromatic carbocycles. The van der Waals surface area contributed by atoms with Crippen molar-refractivity contribution in [3.8, 4) is 5.75 Å². The van der Waals surface area contributed by atoms with Crippen molar-refractivity contribution >= 4 is 21.9 Å². The fourth-order valence-electron chi connectivity index (χ4n) is 2.89. The average Bonchev–Trinajstić information content (AvgIpc) is 2.85. The third-order valence-corrected chi connectivity index (χ3v) is 4.64. The molecule has 2 aliphatic rings. The van der Waals surface area contributed by atoms with E-state index in [4.69, 9.17) is 25.6 Å². The lowest BCUT2D eigenvalue weighted by molar-refractivity contribution is -0.223. The number of fused-ring (bicyclic) bond motifs is 1. The number of nitrogens with one attached hydrogen (secondary N) is 1. The van der Waals surface area contributed by atoms with Gasteiger partial charge in [0.2, 0.25) is 5.79 Å². The highest BCUT2D eigenvalue weighted by molar-refractivity contribution is 7.83. The second-order valence-electron chi connectivity index (χ2n) is 5.31. The van der Waals surface area contributed by atoms with Gasteiger partial charge in [0.05, 0.1) is 5.02 Å². The summed E-state index contributed by atoms with van der Waals surface area (Å²) >= 11 is 6.19. The molecule has 2 N–H and O–H groups in total. The third kappa shape index (κ3) is 3.17. The van der Waals surface area contributed by atoms with Crippen molar-refractivity contribution in [3.05, 3.63) is 28.8 Å². The Bertz CT molecular complexity index is 642. The van der Waals surface area contributed by atoms with E-state index >= 15 is 0 Å². The molecule has 0 radical (unpaired) electrons. The summed E-state index contributed by atoms with van der Waals surface area (Å²) in [6, 6.07) is 5.25. The number of rotatable bonds is 3. The maximum atomic E-state index is 10.9. The third-order valence-electron chi connectivity index (χ3n) is 3.81. The maximum Gasteiger partial charge on any atom is 0.333 e. The molecule has 1 aliphatic heterocycles. The van der Waals surface area contributed by atoms with Gasteiger partial charge in [-0.3, -0.25) is 4.55 Å². The highest BCUT2D eigenvalue weighted by atomic mass is 35.5. The van der Waals surface area contributed by atoms with Crippen molar-refractivity contribution in [1.29, 1.82) is 0 Å². The van der Waals surface area contributed by atoms with Crippen LogP contribution in [0.3, 0.4) is 0 Å². The Balaban J connectivity index is 1.93. The van der Waals surface area contributed by atoms with Crippen LogP contribution in [-0.2, 0) is 15.0 Å². The molecule has 0 bridgehead atoms. The monoisotopic (exact) mass is 333 g/mol. The van der Waals surface area contributed by atoms with E-state index < -0.39 is 22.2 Å². The van der Waals surface area contributed by atoms with Gasteiger partial charge in [-0.1, -0.05) is 23.7 Å². The minimum Gasteiger partial charge on any atom is -0.460 e. The second kappa shape index (κ2) is 5.40. The first-order valence-electron chi connectivity index (χ1n) is 6.76. The van der Waals surface area contributed by atoms with Crippen LogP contribution in [0, 0.1) is 0 Å². The van der Waals surface area contributed by atoms with Crippen LogP contribution >= 0.6 is 11.6 Å². The largest absolute Gasteiger partial charge is 0.460 e. The summed E-state index contributed by atoms with van der Waals surface area (Å²) < 4.78 is 44.7. The Morgan fingerprint density at radius 1 is 1.38 bits per heavy atom. The fourth-order valence-corrected chi connectivity index (χ4v) is 3.47. The number of halogens is 1. The van der Waals surface area contributed by atoms with Crippen molar-refractivity contribution in [2.75, 3.05) is 6.54 Å². The molecule has 116 valence electrons. The summed E-state index contributed by atoms with van der Waals surface area (Å²) in [5.41, 5.74) is 0.677. The van der Waals surface area contributed by atoms with Crippen LogP contribution < -0.4 is 9.46 Å². The zero-order chi connectivity index (χ0) is 15.1. The molecule has 1 fully saturated rings. The molecule has 1 saturated carbocycles. The molecule has 1 aromatic rings. The SMILES string of the molecule is O=S(=O)(O)NC[C@@H]1OC2(CCCC2)Oc2c(Cl)cccc21. The number of benzene rings is 1. The van der Waals surface area contributed by atoms with E-state index in [0.717, 1.165) is 25.7 Å². The van der Waals surface area contributed by atoms with Gasteiger partial charge in [-0.05, 0) is 18.9 Å². The van der Waals surface area contributed by atoms with E-state index in [1.807, 2.05) is 0 Å². The van der Waals surface area contributed by atoms with Gasteiger partial charge in [-0.2, -0.15) is 13.1 Å². The molecule has 0 amide bonds. The Kier molecular flexibility index (Phi) is 3.87. The molecule has 1 aliphatic carbocycles. The van der Waals surface area contributed by atoms with Gasteiger partial charge in [0, 0.05) is 24.9 Å². The van der Waals surface area contributed by atoms with Crippen molar-refractivity contribution in [1.82, 2.24) is 4.72 Å². The molecular weight excluding hydrogens is 318 g/mol. The Morgan fingerprint density at radius 3 is 2.76 bits per heavy atom. The van der Waals surface area contributed by atoms with Crippen LogP contribution in [0.15, 0.2) is 18.2 Å². The molecule has 1 atom stereocenters. The summed E-state index contributed by atoms with van der Waals surface area (Å²) in [6.07, 6.45) is 2.89. The predicted octanol–water partition coefficient (Wildman–Crippen LogP) is 2.45. The first-order valence-corrected chi connectivity index (χ1v) is 8.58. The van der Waals surface area contributed by atoms with Gasteiger partial charge < -0.3 is 9.47 Å². The standard InChI is InChI=1S/C13H16ClNO5S/c14-10-5-3-4-9-11(8-15-21(16,17)18)19-13(20-12(9)10)6-1-2-7-13/h3-5,11,15H,1-2,6-8H2,(H,16,17,18)/t11-/m0/s1. The van der Waals surface area contributed by atoms with Crippen molar-refractivity contribution in [2.24, 2.45) is 0 Å². The zero-order valence-electron chi connectivity index (χ0n) is 11.2. The summed E-state index contributed by atoms with van der Waals surface area (Å²) in [4.78, 5) is 0. The van der Waals surface area contributed by atoms with Crippen LogP contribution in [0.5, 0.6) is 5.75 Å². The maximum absolute atomic E-state index is 10.9. The lowest BCUT2D eigenvalue weighted by atomic mass is 10.0. The van der Waals surface area contributed by atoms with Crippen LogP contribution in [0.2, 0.25) is 5.02 Å². The van der Waals surface area contributed by atoms with E-state index in [1.165, 1.54) is 0 Å². The van der Waals surface area contributed by atoms with Gasteiger partial charge in [-0.25, -0.2) is 0 Å². The molecule has 1 spiro atoms. The number of ether oxygens (including phenoxy) is 2. The van der Waals surface area contributed by atoms with E-state index in [-0.39, 0.29) is 6.54 Å². The molecule has 8 heteroatoms. The minimum absolute atomic E-state index is 0.0721. The molecule has 0 unspecified atom stereocenters. The molecule has 6 nitrogen and oxygen atoms in total. The van der Waals surface area contributed by atoms with Crippen molar-refractivity contribution < 1.29 is 22.4 Å². The van der Waals surface area contributed by atoms with E-state index in [2.05, 4.69) is 4.72 Å². The fraction of sp³-hybridized carbons (Fsp3) is 0.538. The van der Waals surface area contributed by atoms with Gasteiger partial charge in [0.25, 0.3) is 0 Å². The Labute approximate surface area is 128 Å². The second-order valence-corrected chi connectivity index (χ2v) is 6.95. The first-order chi connectivity index (χ1) is 9.89. The number of hydrogen-bond donors (Lipinski definition) is 2. The van der Waals surface area contributed by atoms with Crippen LogP contribution in [0.1, 0.15) is 37.4 Å². The van der Waals surface area contributed by atoms with Crippen LogP contribution in [0.25, 0.3) is 0 Å². The quantitative estimate of drug-likeness (QED) is 0.830. The highest BCUT2D eigenvalue weighted by Crippen LogP contribution is 2.48. The predicted molar refractivity (Wildman–Crippen MR) is 76.7 cm³/mol. The van der Waals surface area contributed by atoms with Gasteiger partial charge in [0.15, 0.2) is 0 Å². The summed E-state index contributed by atoms with van der Waals surface area (Å²) in [6.45, 7) is -0.0721. The number of hydrogen-bond acceptors (Lipinski definition) is 4. The van der Waals surface area contributed by atoms with Gasteiger partial charge in [0.1, 0.15) is 11.9 Å².